The zero-order chi connectivity index (χ0) is 28.8. The largest absolute Gasteiger partial charge is 0.455 e. The van der Waals surface area contributed by atoms with Crippen LogP contribution in [0.15, 0.2) is 144 Å². The van der Waals surface area contributed by atoms with E-state index in [1.165, 1.54) is 32.3 Å². The van der Waals surface area contributed by atoms with E-state index in [1.807, 2.05) is 24.4 Å². The number of hydrogen-bond donors (Lipinski definition) is 0. The zero-order valence-electron chi connectivity index (χ0n) is 23.5. The molecule has 3 aromatic heterocycles. The molecule has 0 fully saturated rings. The molecular weight excluding hydrogens is 538 g/mol. The summed E-state index contributed by atoms with van der Waals surface area (Å²) in [4.78, 5) is 9.98. The van der Waals surface area contributed by atoms with Gasteiger partial charge in [0.2, 0.25) is 5.95 Å². The van der Waals surface area contributed by atoms with Gasteiger partial charge in [0.15, 0.2) is 0 Å². The molecule has 0 aliphatic carbocycles. The van der Waals surface area contributed by atoms with Gasteiger partial charge >= 0.3 is 0 Å². The second-order valence-electron chi connectivity index (χ2n) is 11.4. The molecule has 0 amide bonds. The summed E-state index contributed by atoms with van der Waals surface area (Å²) in [6.45, 7) is 0. The van der Waals surface area contributed by atoms with E-state index in [-0.39, 0.29) is 0 Å². The van der Waals surface area contributed by atoms with Gasteiger partial charge in [-0.3, -0.25) is 4.57 Å². The van der Waals surface area contributed by atoms with E-state index < -0.39 is 0 Å². The molecule has 7 aromatic carbocycles. The van der Waals surface area contributed by atoms with Crippen molar-refractivity contribution >= 4 is 76.1 Å². The van der Waals surface area contributed by atoms with Crippen LogP contribution in [0.1, 0.15) is 0 Å². The first-order chi connectivity index (χ1) is 21.8. The number of fused-ring (bicyclic) bond motifs is 13. The summed E-state index contributed by atoms with van der Waals surface area (Å²) in [5.41, 5.74) is 5.78. The molecule has 4 nitrogen and oxygen atoms in total. The van der Waals surface area contributed by atoms with Gasteiger partial charge in [0.05, 0.1) is 22.1 Å². The van der Waals surface area contributed by atoms with Crippen LogP contribution in [0.4, 0.5) is 0 Å². The van der Waals surface area contributed by atoms with Crippen LogP contribution in [0, 0.1) is 0 Å². The second-order valence-corrected chi connectivity index (χ2v) is 11.4. The Hall–Kier alpha value is -6.00. The van der Waals surface area contributed by atoms with Crippen LogP contribution >= 0.6 is 0 Å². The third kappa shape index (κ3) is 3.17. The Bertz CT molecular complexity index is 2750. The van der Waals surface area contributed by atoms with Crippen molar-refractivity contribution in [1.82, 2.24) is 14.5 Å². The molecule has 0 atom stereocenters. The molecule has 0 spiro atoms. The highest BCUT2D eigenvalue weighted by Gasteiger charge is 2.20. The standard InChI is InChI=1S/C40H23N3O/c1-2-11-27-25(9-1)26-10-3-4-12-28(26)33-23-24(17-18-29(27)33)34-21-22-41-40(42-34)43-35-15-7-5-14-32(35)38-36(43)20-19-31-30-13-6-8-16-37(30)44-39(31)38/h1-23H. The maximum Gasteiger partial charge on any atom is 0.235 e. The maximum atomic E-state index is 6.47. The molecule has 204 valence electrons. The maximum absolute atomic E-state index is 6.47. The molecule has 4 heteroatoms. The van der Waals surface area contributed by atoms with Crippen molar-refractivity contribution in [2.75, 3.05) is 0 Å². The van der Waals surface area contributed by atoms with Gasteiger partial charge in [-0.05, 0) is 68.7 Å². The van der Waals surface area contributed by atoms with Crippen LogP contribution in [0.25, 0.3) is 93.3 Å². The lowest BCUT2D eigenvalue weighted by molar-refractivity contribution is 0.673. The molecular formula is C40H23N3O. The fourth-order valence-electron chi connectivity index (χ4n) is 7.13. The van der Waals surface area contributed by atoms with Crippen molar-refractivity contribution < 1.29 is 4.42 Å². The SMILES string of the molecule is c1ccc2c(c1)oc1c2ccc2c1c1ccccc1n2-c1nccc(-c2ccc3c4ccccc4c4ccccc4c3c2)n1. The molecule has 10 rings (SSSR count). The van der Waals surface area contributed by atoms with Gasteiger partial charge in [-0.1, -0.05) is 97.1 Å². The van der Waals surface area contributed by atoms with Crippen LogP contribution in [0.3, 0.4) is 0 Å². The minimum atomic E-state index is 0.632. The first kappa shape index (κ1) is 23.6. The summed E-state index contributed by atoms with van der Waals surface area (Å²) in [6, 6.07) is 47.0. The second kappa shape index (κ2) is 8.76. The van der Waals surface area contributed by atoms with Crippen molar-refractivity contribution in [3.05, 3.63) is 140 Å². The first-order valence-electron chi connectivity index (χ1n) is 14.8. The minimum Gasteiger partial charge on any atom is -0.455 e. The highest BCUT2D eigenvalue weighted by Crippen LogP contribution is 2.41. The van der Waals surface area contributed by atoms with Crippen molar-refractivity contribution in [1.29, 1.82) is 0 Å². The lowest BCUT2D eigenvalue weighted by atomic mass is 9.93. The average molecular weight is 562 g/mol. The third-order valence-corrected chi connectivity index (χ3v) is 9.06. The molecule has 0 aliphatic rings. The smallest absolute Gasteiger partial charge is 0.235 e. The Labute approximate surface area is 251 Å². The number of nitrogens with zero attached hydrogens (tertiary/aromatic N) is 3. The summed E-state index contributed by atoms with van der Waals surface area (Å²) in [5, 5.41) is 11.9. The predicted molar refractivity (Wildman–Crippen MR) is 182 cm³/mol. The van der Waals surface area contributed by atoms with Gasteiger partial charge in [-0.25, -0.2) is 9.97 Å². The topological polar surface area (TPSA) is 43.9 Å². The van der Waals surface area contributed by atoms with Gasteiger partial charge in [-0.2, -0.15) is 0 Å². The zero-order valence-corrected chi connectivity index (χ0v) is 23.5. The van der Waals surface area contributed by atoms with Crippen LogP contribution in [0.5, 0.6) is 0 Å². The van der Waals surface area contributed by atoms with Crippen molar-refractivity contribution in [3.8, 4) is 17.2 Å². The molecule has 0 radical (unpaired) electrons. The predicted octanol–water partition coefficient (Wildman–Crippen LogP) is 10.6. The van der Waals surface area contributed by atoms with E-state index in [9.17, 15) is 0 Å². The van der Waals surface area contributed by atoms with E-state index in [4.69, 9.17) is 14.4 Å². The van der Waals surface area contributed by atoms with E-state index in [2.05, 4.69) is 120 Å². The summed E-state index contributed by atoms with van der Waals surface area (Å²) >= 11 is 0. The number of para-hydroxylation sites is 2. The Kier molecular flexibility index (Phi) is 4.69. The van der Waals surface area contributed by atoms with Gasteiger partial charge in [-0.15, -0.1) is 0 Å². The Morgan fingerprint density at radius 2 is 1.09 bits per heavy atom. The lowest BCUT2D eigenvalue weighted by Gasteiger charge is -2.12. The fraction of sp³-hybridized carbons (Fsp3) is 0. The molecule has 0 unspecified atom stereocenters. The van der Waals surface area contributed by atoms with Crippen LogP contribution in [-0.4, -0.2) is 14.5 Å². The summed E-state index contributed by atoms with van der Waals surface area (Å²) < 4.78 is 8.63. The quantitative estimate of drug-likeness (QED) is 0.197. The van der Waals surface area contributed by atoms with E-state index in [0.717, 1.165) is 55.0 Å². The average Bonchev–Trinajstić information content (AvgIpc) is 3.64. The van der Waals surface area contributed by atoms with Crippen molar-refractivity contribution in [2.24, 2.45) is 0 Å². The van der Waals surface area contributed by atoms with Crippen LogP contribution < -0.4 is 0 Å². The van der Waals surface area contributed by atoms with E-state index in [0.29, 0.717) is 5.95 Å². The molecule has 3 heterocycles. The summed E-state index contributed by atoms with van der Waals surface area (Å²) in [6.07, 6.45) is 1.86. The number of aromatic nitrogens is 3. The molecule has 0 N–H and O–H groups in total. The number of rotatable bonds is 2. The third-order valence-electron chi connectivity index (χ3n) is 9.06. The molecule has 0 saturated carbocycles. The highest BCUT2D eigenvalue weighted by atomic mass is 16.3. The molecule has 10 aromatic rings. The minimum absolute atomic E-state index is 0.632. The van der Waals surface area contributed by atoms with E-state index in [1.54, 1.807) is 0 Å². The molecule has 44 heavy (non-hydrogen) atoms. The Morgan fingerprint density at radius 1 is 0.477 bits per heavy atom. The summed E-state index contributed by atoms with van der Waals surface area (Å²) in [7, 11) is 0. The lowest BCUT2D eigenvalue weighted by Crippen LogP contribution is -2.01. The van der Waals surface area contributed by atoms with Gasteiger partial charge in [0.25, 0.3) is 0 Å². The monoisotopic (exact) mass is 561 g/mol. The van der Waals surface area contributed by atoms with Crippen molar-refractivity contribution in [2.45, 2.75) is 0 Å². The molecule has 0 saturated heterocycles. The Balaban J connectivity index is 1.22. The number of hydrogen-bond acceptors (Lipinski definition) is 3. The van der Waals surface area contributed by atoms with Crippen LogP contribution in [-0.2, 0) is 0 Å². The number of benzene rings is 7. The Morgan fingerprint density at radius 3 is 1.86 bits per heavy atom. The summed E-state index contributed by atoms with van der Waals surface area (Å²) in [5.74, 6) is 0.632. The van der Waals surface area contributed by atoms with Gasteiger partial charge in [0.1, 0.15) is 11.2 Å². The van der Waals surface area contributed by atoms with E-state index >= 15 is 0 Å². The molecule has 0 aliphatic heterocycles. The highest BCUT2D eigenvalue weighted by molar-refractivity contribution is 6.26. The van der Waals surface area contributed by atoms with Gasteiger partial charge in [0, 0.05) is 27.9 Å². The van der Waals surface area contributed by atoms with Crippen LogP contribution in [0.2, 0.25) is 0 Å². The first-order valence-corrected chi connectivity index (χ1v) is 14.8. The number of furan rings is 1. The van der Waals surface area contributed by atoms with Crippen molar-refractivity contribution in [3.63, 3.8) is 0 Å². The van der Waals surface area contributed by atoms with Gasteiger partial charge < -0.3 is 4.42 Å². The molecule has 0 bridgehead atoms. The normalized spacial score (nSPS) is 12.1. The fourth-order valence-corrected chi connectivity index (χ4v) is 7.13.